The van der Waals surface area contributed by atoms with Gasteiger partial charge in [0.2, 0.25) is 0 Å². The minimum atomic E-state index is -0.922. The maximum atomic E-state index is 10.6. The summed E-state index contributed by atoms with van der Waals surface area (Å²) < 4.78 is 0. The summed E-state index contributed by atoms with van der Waals surface area (Å²) in [6.45, 7) is 1.52. The second-order valence-corrected chi connectivity index (χ2v) is 2.68. The quantitative estimate of drug-likeness (QED) is 0.704. The van der Waals surface area contributed by atoms with Crippen LogP contribution in [0.15, 0.2) is 0 Å². The van der Waals surface area contributed by atoms with Gasteiger partial charge in [-0.3, -0.25) is 9.59 Å². The molecular weight excluding hydrogens is 200 g/mol. The predicted octanol–water partition coefficient (Wildman–Crippen LogP) is 1.06. The highest BCUT2D eigenvalue weighted by Crippen LogP contribution is 2.03. The zero-order valence-corrected chi connectivity index (χ0v) is 7.22. The summed E-state index contributed by atoms with van der Waals surface area (Å²) in [5.41, 5.74) is 0. The van der Waals surface area contributed by atoms with Crippen molar-refractivity contribution >= 4 is 27.7 Å². The van der Waals surface area contributed by atoms with Crippen LogP contribution < -0.4 is 0 Å². The first kappa shape index (κ1) is 9.62. The lowest BCUT2D eigenvalue weighted by Crippen LogP contribution is -2.14. The molecule has 3 nitrogen and oxygen atoms in total. The second-order valence-electron chi connectivity index (χ2n) is 2.12. The maximum absolute atomic E-state index is 10.6. The minimum absolute atomic E-state index is 0.0742. The molecule has 0 radical (unpaired) electrons. The molecule has 0 spiro atoms. The second kappa shape index (κ2) is 4.44. The zero-order chi connectivity index (χ0) is 8.15. The smallest absolute Gasteiger partial charge is 0.306 e. The summed E-state index contributed by atoms with van der Waals surface area (Å²) in [6.07, 6.45) is 0.112. The van der Waals surface area contributed by atoms with E-state index in [0.717, 1.165) is 0 Å². The Morgan fingerprint density at radius 1 is 1.60 bits per heavy atom. The minimum Gasteiger partial charge on any atom is -0.481 e. The summed E-state index contributed by atoms with van der Waals surface area (Å²) in [5, 5.41) is 8.60. The molecule has 1 atom stereocenters. The van der Waals surface area contributed by atoms with Crippen molar-refractivity contribution in [3.63, 3.8) is 0 Å². The van der Waals surface area contributed by atoms with Crippen LogP contribution in [0.1, 0.15) is 13.3 Å². The lowest BCUT2D eigenvalue weighted by Gasteiger charge is -2.01. The first-order chi connectivity index (χ1) is 4.57. The van der Waals surface area contributed by atoms with Gasteiger partial charge in [-0.15, -0.1) is 0 Å². The summed E-state index contributed by atoms with van der Waals surface area (Å²) in [5.74, 6) is -1.56. The molecule has 0 aliphatic carbocycles. The van der Waals surface area contributed by atoms with E-state index in [1.807, 2.05) is 0 Å². The maximum Gasteiger partial charge on any atom is 0.306 e. The molecule has 0 heterocycles. The van der Waals surface area contributed by atoms with Crippen LogP contribution in [0, 0.1) is 5.92 Å². The number of halogens is 1. The SMILES string of the molecule is CC(CC(=O)CBr)C(=O)O. The fourth-order valence-electron chi connectivity index (χ4n) is 0.483. The number of carboxylic acids is 1. The van der Waals surface area contributed by atoms with E-state index in [1.54, 1.807) is 0 Å². The lowest BCUT2D eigenvalue weighted by molar-refractivity contribution is -0.142. The van der Waals surface area contributed by atoms with Crippen LogP contribution in [0.4, 0.5) is 0 Å². The Balaban J connectivity index is 3.68. The Morgan fingerprint density at radius 2 is 2.10 bits per heavy atom. The molecule has 1 unspecified atom stereocenters. The third-order valence-electron chi connectivity index (χ3n) is 1.10. The fraction of sp³-hybridized carbons (Fsp3) is 0.667. The molecule has 1 N–H and O–H groups in total. The molecule has 0 saturated carbocycles. The van der Waals surface area contributed by atoms with Crippen molar-refractivity contribution in [1.29, 1.82) is 0 Å². The molecule has 0 fully saturated rings. The van der Waals surface area contributed by atoms with Gasteiger partial charge in [-0.1, -0.05) is 22.9 Å². The van der Waals surface area contributed by atoms with Gasteiger partial charge in [0.05, 0.1) is 11.2 Å². The number of ketones is 1. The first-order valence-electron chi connectivity index (χ1n) is 2.88. The van der Waals surface area contributed by atoms with E-state index in [9.17, 15) is 9.59 Å². The zero-order valence-electron chi connectivity index (χ0n) is 5.63. The van der Waals surface area contributed by atoms with Gasteiger partial charge in [0.1, 0.15) is 5.78 Å². The highest BCUT2D eigenvalue weighted by atomic mass is 79.9. The van der Waals surface area contributed by atoms with E-state index in [4.69, 9.17) is 5.11 Å². The van der Waals surface area contributed by atoms with Crippen molar-refractivity contribution in [2.45, 2.75) is 13.3 Å². The average molecular weight is 209 g/mol. The highest BCUT2D eigenvalue weighted by molar-refractivity contribution is 9.09. The molecule has 0 amide bonds. The summed E-state index contributed by atoms with van der Waals surface area (Å²) >= 11 is 2.95. The van der Waals surface area contributed by atoms with Crippen LogP contribution in [-0.2, 0) is 9.59 Å². The largest absolute Gasteiger partial charge is 0.481 e. The van der Waals surface area contributed by atoms with Gasteiger partial charge in [-0.2, -0.15) is 0 Å². The van der Waals surface area contributed by atoms with E-state index < -0.39 is 11.9 Å². The molecule has 0 saturated heterocycles. The van der Waals surface area contributed by atoms with Crippen molar-refractivity contribution < 1.29 is 14.7 Å². The molecule has 0 rings (SSSR count). The summed E-state index contributed by atoms with van der Waals surface area (Å²) in [6, 6.07) is 0. The van der Waals surface area contributed by atoms with Gasteiger partial charge in [0.15, 0.2) is 0 Å². The van der Waals surface area contributed by atoms with Gasteiger partial charge >= 0.3 is 5.97 Å². The Bertz CT molecular complexity index is 144. The Morgan fingerprint density at radius 3 is 2.40 bits per heavy atom. The van der Waals surface area contributed by atoms with E-state index >= 15 is 0 Å². The van der Waals surface area contributed by atoms with Gasteiger partial charge < -0.3 is 5.11 Å². The summed E-state index contributed by atoms with van der Waals surface area (Å²) in [7, 11) is 0. The highest BCUT2D eigenvalue weighted by Gasteiger charge is 2.14. The number of hydrogen-bond donors (Lipinski definition) is 1. The third-order valence-corrected chi connectivity index (χ3v) is 1.73. The van der Waals surface area contributed by atoms with E-state index in [-0.39, 0.29) is 17.5 Å². The molecule has 0 aliphatic heterocycles. The van der Waals surface area contributed by atoms with Gasteiger partial charge in [-0.25, -0.2) is 0 Å². The lowest BCUT2D eigenvalue weighted by atomic mass is 10.1. The molecule has 0 aliphatic rings. The van der Waals surface area contributed by atoms with Gasteiger partial charge in [0, 0.05) is 6.42 Å². The number of hydrogen-bond acceptors (Lipinski definition) is 2. The van der Waals surface area contributed by atoms with E-state index in [1.165, 1.54) is 6.92 Å². The number of rotatable bonds is 4. The number of carbonyl (C=O) groups is 2. The number of alkyl halides is 1. The molecule has 0 aromatic heterocycles. The molecular formula is C6H9BrO3. The molecule has 0 bridgehead atoms. The van der Waals surface area contributed by atoms with E-state index in [2.05, 4.69) is 15.9 Å². The number of carbonyl (C=O) groups excluding carboxylic acids is 1. The predicted molar refractivity (Wildman–Crippen MR) is 40.2 cm³/mol. The van der Waals surface area contributed by atoms with Crippen molar-refractivity contribution in [2.24, 2.45) is 5.92 Å². The molecule has 0 aromatic rings. The van der Waals surface area contributed by atoms with Crippen molar-refractivity contribution in [1.82, 2.24) is 0 Å². The number of Topliss-reactive ketones (excluding diaryl/α,β-unsaturated/α-hetero) is 1. The van der Waals surface area contributed by atoms with Gasteiger partial charge in [-0.05, 0) is 0 Å². The summed E-state index contributed by atoms with van der Waals surface area (Å²) in [4.78, 5) is 20.8. The third kappa shape index (κ3) is 3.61. The molecule has 4 heteroatoms. The Kier molecular flexibility index (Phi) is 4.27. The van der Waals surface area contributed by atoms with Crippen LogP contribution in [0.5, 0.6) is 0 Å². The molecule has 58 valence electrons. The van der Waals surface area contributed by atoms with E-state index in [0.29, 0.717) is 0 Å². The fourth-order valence-corrected chi connectivity index (χ4v) is 0.712. The normalized spacial score (nSPS) is 12.6. The van der Waals surface area contributed by atoms with Crippen LogP contribution in [0.25, 0.3) is 0 Å². The van der Waals surface area contributed by atoms with Gasteiger partial charge in [0.25, 0.3) is 0 Å². The van der Waals surface area contributed by atoms with Crippen LogP contribution >= 0.6 is 15.9 Å². The standard InChI is InChI=1S/C6H9BrO3/c1-4(6(9)10)2-5(8)3-7/h4H,2-3H2,1H3,(H,9,10). The van der Waals surface area contributed by atoms with Crippen molar-refractivity contribution in [3.05, 3.63) is 0 Å². The van der Waals surface area contributed by atoms with Crippen LogP contribution in [-0.4, -0.2) is 22.2 Å². The topological polar surface area (TPSA) is 54.4 Å². The molecule has 10 heavy (non-hydrogen) atoms. The molecule has 0 aromatic carbocycles. The van der Waals surface area contributed by atoms with Crippen LogP contribution in [0.3, 0.4) is 0 Å². The number of carboxylic acid groups (broad SMARTS) is 1. The average Bonchev–Trinajstić information content (AvgIpc) is 1.87. The number of aliphatic carboxylic acids is 1. The van der Waals surface area contributed by atoms with Crippen molar-refractivity contribution in [2.75, 3.05) is 5.33 Å². The Hall–Kier alpha value is -0.380. The van der Waals surface area contributed by atoms with Crippen molar-refractivity contribution in [3.8, 4) is 0 Å². The Labute approximate surface area is 67.5 Å². The van der Waals surface area contributed by atoms with Crippen LogP contribution in [0.2, 0.25) is 0 Å². The monoisotopic (exact) mass is 208 g/mol. The first-order valence-corrected chi connectivity index (χ1v) is 4.00.